The van der Waals surface area contributed by atoms with Crippen molar-refractivity contribution in [1.29, 1.82) is 0 Å². The van der Waals surface area contributed by atoms with Crippen LogP contribution in [0.5, 0.6) is 0 Å². The van der Waals surface area contributed by atoms with Crippen LogP contribution in [-0.4, -0.2) is 56.8 Å². The molecule has 4 rings (SSSR count). The molecule has 2 fully saturated rings. The Hall–Kier alpha value is -2.14. The molecule has 8 heteroatoms. The van der Waals surface area contributed by atoms with Gasteiger partial charge < -0.3 is 9.80 Å². The quantitative estimate of drug-likeness (QED) is 0.749. The third kappa shape index (κ3) is 3.41. The number of hydrogen-bond donors (Lipinski definition) is 0. The minimum absolute atomic E-state index is 0.0399. The molecule has 27 heavy (non-hydrogen) atoms. The van der Waals surface area contributed by atoms with Gasteiger partial charge in [0.2, 0.25) is 11.9 Å². The molecular formula is C19H26N6OS. The number of imidazole rings is 1. The predicted octanol–water partition coefficient (Wildman–Crippen LogP) is 1.70. The molecule has 7 nitrogen and oxygen atoms in total. The molecule has 2 aliphatic heterocycles. The molecule has 2 aromatic heterocycles. The molecular weight excluding hydrogens is 360 g/mol. The monoisotopic (exact) mass is 386 g/mol. The first kappa shape index (κ1) is 18.2. The van der Waals surface area contributed by atoms with Gasteiger partial charge in [-0.2, -0.15) is 21.7 Å². The van der Waals surface area contributed by atoms with E-state index in [9.17, 15) is 4.79 Å². The number of nitrogens with zero attached hydrogens (tertiary/aromatic N) is 6. The van der Waals surface area contributed by atoms with Crippen LogP contribution in [0, 0.1) is 11.8 Å². The molecule has 0 amide bonds. The van der Waals surface area contributed by atoms with Crippen molar-refractivity contribution in [3.8, 4) is 11.8 Å². The van der Waals surface area contributed by atoms with E-state index in [1.807, 2.05) is 30.3 Å². The Morgan fingerprint density at radius 1 is 1.00 bits per heavy atom. The lowest BCUT2D eigenvalue weighted by Gasteiger charge is -2.28. The van der Waals surface area contributed by atoms with Crippen LogP contribution < -0.4 is 15.4 Å². The van der Waals surface area contributed by atoms with E-state index in [0.717, 1.165) is 62.4 Å². The Morgan fingerprint density at radius 3 is 2.37 bits per heavy atom. The lowest BCUT2D eigenvalue weighted by atomic mass is 10.1. The summed E-state index contributed by atoms with van der Waals surface area (Å²) < 4.78 is 3.64. The molecule has 0 saturated carbocycles. The van der Waals surface area contributed by atoms with E-state index >= 15 is 0 Å². The van der Waals surface area contributed by atoms with E-state index in [0.29, 0.717) is 17.7 Å². The van der Waals surface area contributed by atoms with Crippen molar-refractivity contribution in [2.24, 2.45) is 7.05 Å². The summed E-state index contributed by atoms with van der Waals surface area (Å²) >= 11 is 1.94. The highest BCUT2D eigenvalue weighted by molar-refractivity contribution is 7.99. The zero-order chi connectivity index (χ0) is 18.8. The van der Waals surface area contributed by atoms with Crippen molar-refractivity contribution >= 4 is 34.8 Å². The molecule has 2 aromatic rings. The summed E-state index contributed by atoms with van der Waals surface area (Å²) in [5.41, 5.74) is 1.07. The number of aromatic nitrogens is 4. The molecule has 0 spiro atoms. The standard InChI is InChI=1S/C19H26N6OS/c1-3-4-10-25-15-16(21-19(25)23-8-6-5-7-9-23)20-18(22(2)17(15)26)24-11-13-27-14-12-24/h5-14H2,1-2H3. The molecule has 2 aliphatic rings. The molecule has 0 atom stereocenters. The first-order valence-corrected chi connectivity index (χ1v) is 10.8. The van der Waals surface area contributed by atoms with Gasteiger partial charge in [0.1, 0.15) is 0 Å². The van der Waals surface area contributed by atoms with Gasteiger partial charge in [-0.25, -0.2) is 0 Å². The molecule has 144 valence electrons. The van der Waals surface area contributed by atoms with E-state index < -0.39 is 0 Å². The van der Waals surface area contributed by atoms with Crippen molar-refractivity contribution in [2.75, 3.05) is 47.5 Å². The lowest BCUT2D eigenvalue weighted by molar-refractivity contribution is 0.561. The first-order valence-electron chi connectivity index (χ1n) is 9.65. The van der Waals surface area contributed by atoms with Gasteiger partial charge in [-0.3, -0.25) is 13.9 Å². The average Bonchev–Trinajstić information content (AvgIpc) is 3.09. The number of piperidine rings is 1. The Morgan fingerprint density at radius 2 is 1.67 bits per heavy atom. The SMILES string of the molecule is CC#CCn1c(N2CCCCC2)nc2nc(N3CCSCC3)n(C)c(=O)c21. The van der Waals surface area contributed by atoms with Crippen molar-refractivity contribution < 1.29 is 0 Å². The van der Waals surface area contributed by atoms with Crippen LogP contribution in [0.25, 0.3) is 11.2 Å². The van der Waals surface area contributed by atoms with Crippen LogP contribution in [0.4, 0.5) is 11.9 Å². The Kier molecular flexibility index (Phi) is 5.30. The van der Waals surface area contributed by atoms with Crippen LogP contribution in [0.2, 0.25) is 0 Å². The lowest BCUT2D eigenvalue weighted by Crippen LogP contribution is -2.37. The highest BCUT2D eigenvalue weighted by Crippen LogP contribution is 2.24. The fourth-order valence-corrected chi connectivity index (χ4v) is 4.73. The van der Waals surface area contributed by atoms with Crippen LogP contribution in [0.15, 0.2) is 4.79 Å². The zero-order valence-corrected chi connectivity index (χ0v) is 16.9. The summed E-state index contributed by atoms with van der Waals surface area (Å²) in [6.07, 6.45) is 3.57. The van der Waals surface area contributed by atoms with Crippen molar-refractivity contribution in [3.63, 3.8) is 0 Å². The van der Waals surface area contributed by atoms with E-state index in [-0.39, 0.29) is 5.56 Å². The molecule has 2 saturated heterocycles. The highest BCUT2D eigenvalue weighted by atomic mass is 32.2. The number of rotatable bonds is 3. The van der Waals surface area contributed by atoms with Gasteiger partial charge >= 0.3 is 0 Å². The highest BCUT2D eigenvalue weighted by Gasteiger charge is 2.24. The van der Waals surface area contributed by atoms with Gasteiger partial charge in [0, 0.05) is 44.7 Å². The minimum atomic E-state index is -0.0399. The van der Waals surface area contributed by atoms with Gasteiger partial charge in [0.25, 0.3) is 5.56 Å². The Labute approximate surface area is 163 Å². The number of fused-ring (bicyclic) bond motifs is 1. The maximum Gasteiger partial charge on any atom is 0.281 e. The molecule has 4 heterocycles. The topological polar surface area (TPSA) is 59.2 Å². The van der Waals surface area contributed by atoms with Crippen molar-refractivity contribution in [3.05, 3.63) is 10.4 Å². The second-order valence-electron chi connectivity index (χ2n) is 7.02. The Bertz CT molecular complexity index is 941. The second kappa shape index (κ2) is 7.85. The minimum Gasteiger partial charge on any atom is -0.342 e. The normalized spacial score (nSPS) is 17.9. The summed E-state index contributed by atoms with van der Waals surface area (Å²) in [7, 11) is 1.81. The zero-order valence-electron chi connectivity index (χ0n) is 16.1. The number of hydrogen-bond acceptors (Lipinski definition) is 6. The van der Waals surface area contributed by atoms with Gasteiger partial charge in [-0.05, 0) is 26.2 Å². The molecule has 0 unspecified atom stereocenters. The number of anilines is 2. The fourth-order valence-electron chi connectivity index (χ4n) is 3.83. The first-order chi connectivity index (χ1) is 13.2. The summed E-state index contributed by atoms with van der Waals surface area (Å²) in [4.78, 5) is 27.3. The largest absolute Gasteiger partial charge is 0.342 e. The van der Waals surface area contributed by atoms with Gasteiger partial charge in [-0.1, -0.05) is 5.92 Å². The maximum atomic E-state index is 13.2. The van der Waals surface area contributed by atoms with Crippen LogP contribution in [0.1, 0.15) is 26.2 Å². The van der Waals surface area contributed by atoms with Crippen molar-refractivity contribution in [2.45, 2.75) is 32.7 Å². The Balaban J connectivity index is 1.86. The molecule has 0 radical (unpaired) electrons. The third-order valence-electron chi connectivity index (χ3n) is 5.29. The summed E-state index contributed by atoms with van der Waals surface area (Å²) in [5, 5.41) is 0. The summed E-state index contributed by atoms with van der Waals surface area (Å²) in [6, 6.07) is 0. The van der Waals surface area contributed by atoms with Gasteiger partial charge in [0.05, 0.1) is 6.54 Å². The van der Waals surface area contributed by atoms with Crippen LogP contribution >= 0.6 is 11.8 Å². The molecule has 0 aromatic carbocycles. The summed E-state index contributed by atoms with van der Waals surface area (Å²) in [6.45, 7) is 6.06. The van der Waals surface area contributed by atoms with E-state index in [1.165, 1.54) is 6.42 Å². The van der Waals surface area contributed by atoms with Crippen LogP contribution in [0.3, 0.4) is 0 Å². The second-order valence-corrected chi connectivity index (χ2v) is 8.24. The van der Waals surface area contributed by atoms with Gasteiger partial charge in [-0.15, -0.1) is 5.92 Å². The van der Waals surface area contributed by atoms with E-state index in [1.54, 1.807) is 4.57 Å². The third-order valence-corrected chi connectivity index (χ3v) is 6.23. The fraction of sp³-hybridized carbons (Fsp3) is 0.632. The van der Waals surface area contributed by atoms with Crippen LogP contribution in [-0.2, 0) is 13.6 Å². The van der Waals surface area contributed by atoms with Crippen molar-refractivity contribution in [1.82, 2.24) is 19.1 Å². The smallest absolute Gasteiger partial charge is 0.281 e. The molecule has 0 N–H and O–H groups in total. The predicted molar refractivity (Wildman–Crippen MR) is 112 cm³/mol. The average molecular weight is 387 g/mol. The van der Waals surface area contributed by atoms with E-state index in [4.69, 9.17) is 9.97 Å². The molecule has 0 bridgehead atoms. The molecule has 0 aliphatic carbocycles. The summed E-state index contributed by atoms with van der Waals surface area (Å²) in [5.74, 6) is 9.73. The maximum absolute atomic E-state index is 13.2. The van der Waals surface area contributed by atoms with Gasteiger partial charge in [0.15, 0.2) is 11.2 Å². The number of thioether (sulfide) groups is 1. The van der Waals surface area contributed by atoms with E-state index in [2.05, 4.69) is 21.6 Å².